The molecule has 0 saturated carbocycles. The highest BCUT2D eigenvalue weighted by molar-refractivity contribution is 6.13. The molecule has 4 heterocycles. The highest BCUT2D eigenvalue weighted by Gasteiger charge is 2.45. The Kier molecular flexibility index (Phi) is 4.87. The lowest BCUT2D eigenvalue weighted by molar-refractivity contribution is 0.0979. The van der Waals surface area contributed by atoms with Crippen molar-refractivity contribution in [2.45, 2.75) is 26.4 Å². The van der Waals surface area contributed by atoms with Crippen LogP contribution in [0.25, 0.3) is 10.9 Å². The number of H-pyrrole nitrogens is 2. The predicted octanol–water partition coefficient (Wildman–Crippen LogP) is 4.44. The summed E-state index contributed by atoms with van der Waals surface area (Å²) in [4.78, 5) is 35.3. The summed E-state index contributed by atoms with van der Waals surface area (Å²) in [5.41, 5.74) is 3.42. The van der Waals surface area contributed by atoms with Gasteiger partial charge in [0.05, 0.1) is 17.5 Å². The van der Waals surface area contributed by atoms with Crippen molar-refractivity contribution >= 4 is 40.3 Å². The van der Waals surface area contributed by atoms with Gasteiger partial charge in [-0.15, -0.1) is 0 Å². The lowest BCUT2D eigenvalue weighted by Gasteiger charge is -2.32. The summed E-state index contributed by atoms with van der Waals surface area (Å²) in [6.07, 6.45) is 3.10. The van der Waals surface area contributed by atoms with Crippen molar-refractivity contribution in [1.29, 1.82) is 0 Å². The van der Waals surface area contributed by atoms with Crippen LogP contribution in [-0.4, -0.2) is 48.0 Å². The molecule has 0 unspecified atom stereocenters. The molecule has 1 aliphatic rings. The monoisotopic (exact) mass is 493 g/mol. The van der Waals surface area contributed by atoms with E-state index < -0.39 is 5.66 Å². The Morgan fingerprint density at radius 1 is 1.08 bits per heavy atom. The number of aromatic amines is 2. The summed E-state index contributed by atoms with van der Waals surface area (Å²) in [5.74, 6) is 0.188. The van der Waals surface area contributed by atoms with Gasteiger partial charge in [0.15, 0.2) is 11.7 Å². The summed E-state index contributed by atoms with van der Waals surface area (Å²) in [6, 6.07) is 15.6. The molecule has 6 rings (SSSR count). The average Bonchev–Trinajstić information content (AvgIpc) is 3.63. The molecule has 0 radical (unpaired) electrons. The highest BCUT2D eigenvalue weighted by Crippen LogP contribution is 2.36. The number of carbonyl (C=O) groups excluding carboxylic acids is 2. The van der Waals surface area contributed by atoms with Crippen molar-refractivity contribution in [2.75, 3.05) is 4.90 Å². The number of hydrogen-bond donors (Lipinski definition) is 3. The van der Waals surface area contributed by atoms with E-state index in [0.717, 1.165) is 5.69 Å². The van der Waals surface area contributed by atoms with E-state index in [9.17, 15) is 14.7 Å². The molecule has 0 spiro atoms. The van der Waals surface area contributed by atoms with Crippen LogP contribution in [-0.2, 0) is 5.66 Å². The number of anilines is 1. The van der Waals surface area contributed by atoms with Gasteiger partial charge in [-0.25, -0.2) is 9.67 Å². The average molecular weight is 494 g/mol. The summed E-state index contributed by atoms with van der Waals surface area (Å²) in [7, 11) is 0. The van der Waals surface area contributed by atoms with Crippen LogP contribution < -0.4 is 4.90 Å². The van der Waals surface area contributed by atoms with Crippen LogP contribution in [0, 0.1) is 6.92 Å². The molecule has 0 saturated heterocycles. The minimum Gasteiger partial charge on any atom is -0.494 e. The van der Waals surface area contributed by atoms with Gasteiger partial charge in [-0.1, -0.05) is 0 Å². The molecule has 0 aliphatic carbocycles. The van der Waals surface area contributed by atoms with Crippen molar-refractivity contribution in [1.82, 2.24) is 25.0 Å². The molecule has 10 heteroatoms. The lowest BCUT2D eigenvalue weighted by Crippen LogP contribution is -2.43. The first-order chi connectivity index (χ1) is 17.7. The topological polar surface area (TPSA) is 132 Å². The number of carbonyl (C=O) groups is 2. The number of nitrogens with one attached hydrogen (secondary N) is 2. The summed E-state index contributed by atoms with van der Waals surface area (Å²) >= 11 is 0. The molecule has 1 aliphatic heterocycles. The Morgan fingerprint density at radius 2 is 1.84 bits per heavy atom. The fourth-order valence-corrected chi connectivity index (χ4v) is 4.81. The second-order valence-electron chi connectivity index (χ2n) is 9.44. The molecule has 2 aromatic carbocycles. The van der Waals surface area contributed by atoms with Gasteiger partial charge in [0.25, 0.3) is 5.91 Å². The maximum absolute atomic E-state index is 13.3. The second kappa shape index (κ2) is 8.02. The SMILES string of the molecule is Cc1cc2n(n1)C(C)(C)N(c1ccc(C(=O)c3ccc4[nH]c(O)c(C=Nc5ccn[nH]5)c4c3)cc1)C2=O. The molecule has 0 fully saturated rings. The number of rotatable bonds is 5. The summed E-state index contributed by atoms with van der Waals surface area (Å²) < 4.78 is 1.73. The molecule has 37 heavy (non-hydrogen) atoms. The first-order valence-electron chi connectivity index (χ1n) is 11.7. The van der Waals surface area contributed by atoms with Crippen LogP contribution >= 0.6 is 0 Å². The molecule has 3 aromatic heterocycles. The van der Waals surface area contributed by atoms with Crippen molar-refractivity contribution in [2.24, 2.45) is 4.99 Å². The molecule has 0 atom stereocenters. The Hall–Kier alpha value is -4.99. The number of ketones is 1. The van der Waals surface area contributed by atoms with Gasteiger partial charge in [0, 0.05) is 40.0 Å². The zero-order valence-corrected chi connectivity index (χ0v) is 20.4. The number of hydrogen-bond acceptors (Lipinski definition) is 6. The molecule has 10 nitrogen and oxygen atoms in total. The Balaban J connectivity index is 1.30. The number of fused-ring (bicyclic) bond motifs is 2. The largest absolute Gasteiger partial charge is 0.494 e. The third kappa shape index (κ3) is 3.53. The fraction of sp³-hybridized carbons (Fsp3) is 0.148. The fourth-order valence-electron chi connectivity index (χ4n) is 4.81. The van der Waals surface area contributed by atoms with Crippen LogP contribution in [0.1, 0.15) is 51.5 Å². The van der Waals surface area contributed by atoms with Gasteiger partial charge in [0.2, 0.25) is 0 Å². The molecule has 5 aromatic rings. The van der Waals surface area contributed by atoms with Crippen LogP contribution in [0.4, 0.5) is 11.5 Å². The van der Waals surface area contributed by atoms with Crippen molar-refractivity contribution in [3.05, 3.63) is 88.9 Å². The number of aryl methyl sites for hydroxylation is 1. The van der Waals surface area contributed by atoms with Gasteiger partial charge in [-0.05, 0) is 69.3 Å². The van der Waals surface area contributed by atoms with E-state index in [0.29, 0.717) is 44.8 Å². The lowest BCUT2D eigenvalue weighted by atomic mass is 10.0. The maximum Gasteiger partial charge on any atom is 0.278 e. The number of aliphatic imine (C=N–C) groups is 1. The first-order valence-corrected chi connectivity index (χ1v) is 11.7. The van der Waals surface area contributed by atoms with E-state index in [2.05, 4.69) is 25.3 Å². The third-order valence-electron chi connectivity index (χ3n) is 6.61. The third-order valence-corrected chi connectivity index (χ3v) is 6.61. The van der Waals surface area contributed by atoms with Gasteiger partial charge in [-0.3, -0.25) is 19.6 Å². The van der Waals surface area contributed by atoms with E-state index in [4.69, 9.17) is 0 Å². The predicted molar refractivity (Wildman–Crippen MR) is 139 cm³/mol. The standard InChI is InChI=1S/C27H23N7O3/c1-15-12-22-26(37)33(27(2,3)34(22)32-15)18-7-4-16(5-8-18)24(35)17-6-9-21-19(13-17)20(25(36)30-21)14-28-23-10-11-29-31-23/h4-14,30,36H,1-3H3,(H,29,31). The minimum absolute atomic E-state index is 0.0414. The van der Waals surface area contributed by atoms with Gasteiger partial charge in [-0.2, -0.15) is 10.2 Å². The molecule has 0 bridgehead atoms. The van der Waals surface area contributed by atoms with E-state index in [1.54, 1.807) is 70.4 Å². The van der Waals surface area contributed by atoms with Crippen molar-refractivity contribution in [3.63, 3.8) is 0 Å². The quantitative estimate of drug-likeness (QED) is 0.246. The number of amides is 1. The highest BCUT2D eigenvalue weighted by atomic mass is 16.3. The molecule has 3 N–H and O–H groups in total. The normalized spacial score (nSPS) is 14.7. The van der Waals surface area contributed by atoms with Gasteiger partial charge >= 0.3 is 0 Å². The van der Waals surface area contributed by atoms with E-state index in [1.807, 2.05) is 20.8 Å². The summed E-state index contributed by atoms with van der Waals surface area (Å²) in [6.45, 7) is 5.73. The zero-order valence-electron chi connectivity index (χ0n) is 20.4. The summed E-state index contributed by atoms with van der Waals surface area (Å²) in [5, 5.41) is 22.1. The second-order valence-corrected chi connectivity index (χ2v) is 9.44. The van der Waals surface area contributed by atoms with Gasteiger partial charge in [0.1, 0.15) is 17.2 Å². The smallest absolute Gasteiger partial charge is 0.278 e. The van der Waals surface area contributed by atoms with Crippen molar-refractivity contribution < 1.29 is 14.7 Å². The number of aromatic hydroxyl groups is 1. The maximum atomic E-state index is 13.3. The Morgan fingerprint density at radius 3 is 2.54 bits per heavy atom. The minimum atomic E-state index is -0.679. The molecular formula is C27H23N7O3. The van der Waals surface area contributed by atoms with E-state index in [-0.39, 0.29) is 17.6 Å². The van der Waals surface area contributed by atoms with E-state index >= 15 is 0 Å². The number of benzene rings is 2. The van der Waals surface area contributed by atoms with E-state index in [1.165, 1.54) is 6.21 Å². The first kappa shape index (κ1) is 22.5. The molecule has 184 valence electrons. The Bertz CT molecular complexity index is 1710. The van der Waals surface area contributed by atoms with Crippen molar-refractivity contribution in [3.8, 4) is 5.88 Å². The Labute approximate surface area is 211 Å². The zero-order chi connectivity index (χ0) is 25.9. The van der Waals surface area contributed by atoms with Crippen LogP contribution in [0.15, 0.2) is 65.8 Å². The molecular weight excluding hydrogens is 470 g/mol. The van der Waals surface area contributed by atoms with Crippen LogP contribution in [0.2, 0.25) is 0 Å². The van der Waals surface area contributed by atoms with Crippen LogP contribution in [0.3, 0.4) is 0 Å². The number of nitrogens with zero attached hydrogens (tertiary/aromatic N) is 5. The van der Waals surface area contributed by atoms with Gasteiger partial charge < -0.3 is 10.1 Å². The number of aromatic nitrogens is 5. The molecule has 1 amide bonds. The van der Waals surface area contributed by atoms with Crippen LogP contribution in [0.5, 0.6) is 5.88 Å².